The van der Waals surface area contributed by atoms with Gasteiger partial charge in [-0.3, -0.25) is 9.88 Å². The number of nitrogens with zero attached hydrogens (tertiary/aromatic N) is 3. The van der Waals surface area contributed by atoms with E-state index in [0.717, 1.165) is 29.3 Å². The monoisotopic (exact) mass is 290 g/mol. The van der Waals surface area contributed by atoms with Crippen molar-refractivity contribution in [3.05, 3.63) is 24.3 Å². The molecule has 0 spiro atoms. The van der Waals surface area contributed by atoms with E-state index in [-0.39, 0.29) is 6.10 Å². The number of imidazole rings is 1. The normalized spacial score (nSPS) is 26.7. The van der Waals surface area contributed by atoms with Crippen LogP contribution in [0.5, 0.6) is 0 Å². The number of rotatable bonds is 5. The molecule has 0 amide bonds. The summed E-state index contributed by atoms with van der Waals surface area (Å²) in [4.78, 5) is 13.8. The van der Waals surface area contributed by atoms with Crippen molar-refractivity contribution < 1.29 is 9.13 Å². The van der Waals surface area contributed by atoms with Crippen molar-refractivity contribution in [1.29, 1.82) is 0 Å². The van der Waals surface area contributed by atoms with Gasteiger partial charge in [0.2, 0.25) is 0 Å². The van der Waals surface area contributed by atoms with Crippen molar-refractivity contribution in [2.24, 2.45) is 5.92 Å². The first-order valence-corrected chi connectivity index (χ1v) is 7.54. The molecule has 0 bridgehead atoms. The maximum absolute atomic E-state index is 14.0. The molecule has 5 nitrogen and oxygen atoms in total. The standard InChI is InChI=1S/C15H19FN4O/c16-11-7-20(6-10-1-2-10)8-14(11)21-9-15-18-12-3-4-17-5-13(12)19-15/h3-5,10-11,14H,1-2,6-9H2,(H,18,19). The molecular weight excluding hydrogens is 271 g/mol. The molecule has 1 saturated heterocycles. The molecule has 1 aliphatic heterocycles. The van der Waals surface area contributed by atoms with Gasteiger partial charge in [-0.25, -0.2) is 9.37 Å². The van der Waals surface area contributed by atoms with Crippen molar-refractivity contribution in [1.82, 2.24) is 19.9 Å². The molecule has 0 aromatic carbocycles. The summed E-state index contributed by atoms with van der Waals surface area (Å²) in [6.07, 6.45) is 4.80. The number of likely N-dealkylation sites (tertiary alicyclic amines) is 1. The Morgan fingerprint density at radius 3 is 3.10 bits per heavy atom. The van der Waals surface area contributed by atoms with E-state index in [1.807, 2.05) is 6.07 Å². The van der Waals surface area contributed by atoms with E-state index in [0.29, 0.717) is 19.7 Å². The number of ether oxygens (including phenoxy) is 1. The highest BCUT2D eigenvalue weighted by Gasteiger charge is 2.36. The second-order valence-electron chi connectivity index (χ2n) is 6.10. The molecule has 2 aromatic rings. The first kappa shape index (κ1) is 13.2. The number of H-pyrrole nitrogens is 1. The van der Waals surface area contributed by atoms with Crippen LogP contribution in [0.3, 0.4) is 0 Å². The zero-order valence-corrected chi connectivity index (χ0v) is 11.8. The number of aromatic nitrogens is 3. The lowest BCUT2D eigenvalue weighted by atomic mass is 10.3. The lowest BCUT2D eigenvalue weighted by molar-refractivity contribution is 0.00872. The first-order valence-electron chi connectivity index (χ1n) is 7.54. The Morgan fingerprint density at radius 2 is 2.29 bits per heavy atom. The Hall–Kier alpha value is -1.53. The van der Waals surface area contributed by atoms with Crippen LogP contribution >= 0.6 is 0 Å². The molecule has 1 aliphatic carbocycles. The molecule has 2 aromatic heterocycles. The Labute approximate surface area is 122 Å². The van der Waals surface area contributed by atoms with E-state index < -0.39 is 6.17 Å². The van der Waals surface area contributed by atoms with Gasteiger partial charge in [-0.15, -0.1) is 0 Å². The van der Waals surface area contributed by atoms with E-state index >= 15 is 0 Å². The Morgan fingerprint density at radius 1 is 1.38 bits per heavy atom. The molecule has 1 N–H and O–H groups in total. The van der Waals surface area contributed by atoms with Crippen LogP contribution < -0.4 is 0 Å². The third-order valence-electron chi connectivity index (χ3n) is 4.25. The number of hydrogen-bond acceptors (Lipinski definition) is 4. The van der Waals surface area contributed by atoms with Crippen LogP contribution in [0, 0.1) is 5.92 Å². The van der Waals surface area contributed by atoms with E-state index in [4.69, 9.17) is 4.74 Å². The summed E-state index contributed by atoms with van der Waals surface area (Å²) in [5.74, 6) is 1.52. The van der Waals surface area contributed by atoms with Gasteiger partial charge in [-0.2, -0.15) is 0 Å². The molecule has 3 heterocycles. The van der Waals surface area contributed by atoms with Gasteiger partial charge in [0, 0.05) is 25.8 Å². The lowest BCUT2D eigenvalue weighted by Crippen LogP contribution is -2.25. The molecule has 2 unspecified atom stereocenters. The third-order valence-corrected chi connectivity index (χ3v) is 4.25. The summed E-state index contributed by atoms with van der Waals surface area (Å²) >= 11 is 0. The van der Waals surface area contributed by atoms with Gasteiger partial charge in [0.15, 0.2) is 0 Å². The summed E-state index contributed by atoms with van der Waals surface area (Å²) in [5, 5.41) is 0. The number of pyridine rings is 1. The molecule has 2 aliphatic rings. The predicted octanol–water partition coefficient (Wildman–Crippen LogP) is 1.91. The topological polar surface area (TPSA) is 54.0 Å². The summed E-state index contributed by atoms with van der Waals surface area (Å²) in [6.45, 7) is 2.54. The number of halogens is 1. The van der Waals surface area contributed by atoms with Crippen LogP contribution in [-0.4, -0.2) is 51.8 Å². The minimum Gasteiger partial charge on any atom is -0.366 e. The van der Waals surface area contributed by atoms with Crippen molar-refractivity contribution >= 4 is 11.0 Å². The van der Waals surface area contributed by atoms with Gasteiger partial charge >= 0.3 is 0 Å². The molecule has 21 heavy (non-hydrogen) atoms. The van der Waals surface area contributed by atoms with E-state index in [2.05, 4.69) is 19.9 Å². The predicted molar refractivity (Wildman–Crippen MR) is 76.5 cm³/mol. The van der Waals surface area contributed by atoms with Gasteiger partial charge in [-0.1, -0.05) is 0 Å². The van der Waals surface area contributed by atoms with Gasteiger partial charge in [0.1, 0.15) is 24.7 Å². The van der Waals surface area contributed by atoms with Crippen molar-refractivity contribution in [2.45, 2.75) is 31.7 Å². The zero-order valence-electron chi connectivity index (χ0n) is 11.8. The molecule has 2 fully saturated rings. The summed E-state index contributed by atoms with van der Waals surface area (Å²) < 4.78 is 19.7. The molecule has 0 radical (unpaired) electrons. The Kier molecular flexibility index (Phi) is 3.35. The summed E-state index contributed by atoms with van der Waals surface area (Å²) in [5.41, 5.74) is 1.75. The van der Waals surface area contributed by atoms with Crippen molar-refractivity contribution in [3.8, 4) is 0 Å². The average molecular weight is 290 g/mol. The quantitative estimate of drug-likeness (QED) is 0.914. The first-order chi connectivity index (χ1) is 10.3. The summed E-state index contributed by atoms with van der Waals surface area (Å²) in [6, 6.07) is 1.85. The van der Waals surface area contributed by atoms with Gasteiger partial charge in [-0.05, 0) is 24.8 Å². The van der Waals surface area contributed by atoms with Crippen LogP contribution in [0.4, 0.5) is 4.39 Å². The van der Waals surface area contributed by atoms with E-state index in [1.165, 1.54) is 12.8 Å². The molecule has 1 saturated carbocycles. The van der Waals surface area contributed by atoms with Gasteiger partial charge in [0.25, 0.3) is 0 Å². The fourth-order valence-electron chi connectivity index (χ4n) is 2.94. The fourth-order valence-corrected chi connectivity index (χ4v) is 2.94. The maximum Gasteiger partial charge on any atom is 0.140 e. The largest absolute Gasteiger partial charge is 0.366 e. The van der Waals surface area contributed by atoms with E-state index in [9.17, 15) is 4.39 Å². The highest BCUT2D eigenvalue weighted by atomic mass is 19.1. The van der Waals surface area contributed by atoms with Crippen LogP contribution in [-0.2, 0) is 11.3 Å². The minimum absolute atomic E-state index is 0.317. The summed E-state index contributed by atoms with van der Waals surface area (Å²) in [7, 11) is 0. The maximum atomic E-state index is 14.0. The minimum atomic E-state index is -0.894. The highest BCUT2D eigenvalue weighted by Crippen LogP contribution is 2.31. The highest BCUT2D eigenvalue weighted by molar-refractivity contribution is 5.73. The van der Waals surface area contributed by atoms with Crippen LogP contribution in [0.25, 0.3) is 11.0 Å². The number of aromatic amines is 1. The molecule has 2 atom stereocenters. The van der Waals surface area contributed by atoms with Crippen LogP contribution in [0.15, 0.2) is 18.5 Å². The van der Waals surface area contributed by atoms with E-state index in [1.54, 1.807) is 12.4 Å². The van der Waals surface area contributed by atoms with Crippen LogP contribution in [0.1, 0.15) is 18.7 Å². The molecule has 6 heteroatoms. The van der Waals surface area contributed by atoms with Crippen molar-refractivity contribution in [2.75, 3.05) is 19.6 Å². The fraction of sp³-hybridized carbons (Fsp3) is 0.600. The smallest absolute Gasteiger partial charge is 0.140 e. The number of fused-ring (bicyclic) bond motifs is 1. The number of alkyl halides is 1. The lowest BCUT2D eigenvalue weighted by Gasteiger charge is -2.14. The molecular formula is C15H19FN4O. The van der Waals surface area contributed by atoms with Gasteiger partial charge in [0.05, 0.1) is 17.2 Å². The zero-order chi connectivity index (χ0) is 14.2. The average Bonchev–Trinajstić information content (AvgIpc) is 3.08. The molecule has 4 rings (SSSR count). The van der Waals surface area contributed by atoms with Crippen molar-refractivity contribution in [3.63, 3.8) is 0 Å². The SMILES string of the molecule is FC1CN(CC2CC2)CC1OCc1nc2ccncc2[nH]1. The second kappa shape index (κ2) is 5.35. The van der Waals surface area contributed by atoms with Crippen LogP contribution in [0.2, 0.25) is 0 Å². The molecule has 112 valence electrons. The van der Waals surface area contributed by atoms with Gasteiger partial charge < -0.3 is 9.72 Å². The number of hydrogen-bond donors (Lipinski definition) is 1. The number of nitrogens with one attached hydrogen (secondary N) is 1. The Bertz CT molecular complexity index is 594. The Balaban J connectivity index is 1.35. The second-order valence-corrected chi connectivity index (χ2v) is 6.10. The third kappa shape index (κ3) is 2.91.